The van der Waals surface area contributed by atoms with Crippen molar-refractivity contribution in [1.82, 2.24) is 4.90 Å². The van der Waals surface area contributed by atoms with Crippen LogP contribution in [0.1, 0.15) is 88.7 Å². The Bertz CT molecular complexity index is 411. The monoisotopic (exact) mass is 351 g/mol. The van der Waals surface area contributed by atoms with E-state index in [0.29, 0.717) is 11.8 Å². The zero-order valence-corrected chi connectivity index (χ0v) is 17.0. The molecule has 24 heavy (non-hydrogen) atoms. The van der Waals surface area contributed by atoms with Crippen LogP contribution in [0, 0.1) is 11.8 Å². The lowest BCUT2D eigenvalue weighted by atomic mass is 9.95. The Labute approximate surface area is 153 Å². The van der Waals surface area contributed by atoms with Crippen LogP contribution < -0.4 is 0 Å². The molecule has 138 valence electrons. The number of nitrogens with zero attached hydrogens (tertiary/aromatic N) is 1. The summed E-state index contributed by atoms with van der Waals surface area (Å²) in [5.74, 6) is 1.52. The highest BCUT2D eigenvalue weighted by Crippen LogP contribution is 2.22. The second-order valence-corrected chi connectivity index (χ2v) is 7.97. The van der Waals surface area contributed by atoms with Crippen molar-refractivity contribution < 1.29 is 4.79 Å². The number of hydrogen-bond donors (Lipinski definition) is 0. The first-order valence-corrected chi connectivity index (χ1v) is 10.9. The van der Waals surface area contributed by atoms with Crippen LogP contribution in [0.4, 0.5) is 0 Å². The minimum Gasteiger partial charge on any atom is -0.337 e. The molecule has 0 N–H and O–H groups in total. The Hall–Kier alpha value is -0.830. The van der Waals surface area contributed by atoms with Crippen LogP contribution in [0.15, 0.2) is 17.5 Å². The molecule has 0 spiro atoms. The molecular formula is C21H37NOS. The van der Waals surface area contributed by atoms with Gasteiger partial charge in [0.1, 0.15) is 0 Å². The van der Waals surface area contributed by atoms with E-state index in [0.717, 1.165) is 18.0 Å². The molecule has 0 bridgehead atoms. The third-order valence-electron chi connectivity index (χ3n) is 5.06. The smallest absolute Gasteiger partial charge is 0.263 e. The Morgan fingerprint density at radius 2 is 1.54 bits per heavy atom. The van der Waals surface area contributed by atoms with E-state index < -0.39 is 0 Å². The molecule has 1 amide bonds. The van der Waals surface area contributed by atoms with Crippen molar-refractivity contribution in [3.05, 3.63) is 22.4 Å². The van der Waals surface area contributed by atoms with Crippen LogP contribution in [0.2, 0.25) is 0 Å². The van der Waals surface area contributed by atoms with Gasteiger partial charge >= 0.3 is 0 Å². The van der Waals surface area contributed by atoms with Crippen molar-refractivity contribution in [3.63, 3.8) is 0 Å². The maximum atomic E-state index is 13.0. The zero-order chi connectivity index (χ0) is 17.8. The summed E-state index contributed by atoms with van der Waals surface area (Å²) in [5.41, 5.74) is 0. The normalized spacial score (nSPS) is 13.7. The molecular weight excluding hydrogens is 314 g/mol. The van der Waals surface area contributed by atoms with E-state index >= 15 is 0 Å². The molecule has 1 heterocycles. The first-order valence-electron chi connectivity index (χ1n) is 9.98. The fourth-order valence-electron chi connectivity index (χ4n) is 3.25. The van der Waals surface area contributed by atoms with E-state index in [-0.39, 0.29) is 5.91 Å². The number of thiophene rings is 1. The second kappa shape index (κ2) is 12.5. The predicted octanol–water partition coefficient (Wildman–Crippen LogP) is 6.62. The van der Waals surface area contributed by atoms with Gasteiger partial charge in [-0.3, -0.25) is 4.79 Å². The average Bonchev–Trinajstić information content (AvgIpc) is 3.14. The first-order chi connectivity index (χ1) is 11.7. The van der Waals surface area contributed by atoms with Crippen molar-refractivity contribution in [3.8, 4) is 0 Å². The van der Waals surface area contributed by atoms with Gasteiger partial charge in [0.25, 0.3) is 5.91 Å². The summed E-state index contributed by atoms with van der Waals surface area (Å²) in [6.45, 7) is 10.9. The van der Waals surface area contributed by atoms with E-state index in [9.17, 15) is 4.79 Å². The Kier molecular flexibility index (Phi) is 11.1. The fourth-order valence-corrected chi connectivity index (χ4v) is 3.95. The van der Waals surface area contributed by atoms with Crippen LogP contribution in [0.25, 0.3) is 0 Å². The standard InChI is InChI=1S/C21H37NOS/c1-5-9-12-18(7-3)16-22(17-19(8-4)13-10-6-2)21(23)20-14-11-15-24-20/h11,14-15,18-19H,5-10,12-13,16-17H2,1-4H3. The molecule has 2 unspecified atom stereocenters. The molecule has 0 aliphatic heterocycles. The van der Waals surface area contributed by atoms with Gasteiger partial charge in [-0.05, 0) is 36.1 Å². The number of amides is 1. The van der Waals surface area contributed by atoms with E-state index in [2.05, 4.69) is 32.6 Å². The van der Waals surface area contributed by atoms with Gasteiger partial charge < -0.3 is 4.90 Å². The largest absolute Gasteiger partial charge is 0.337 e. The summed E-state index contributed by atoms with van der Waals surface area (Å²) in [6.07, 6.45) is 9.84. The summed E-state index contributed by atoms with van der Waals surface area (Å²) in [6, 6.07) is 3.96. The number of hydrogen-bond acceptors (Lipinski definition) is 2. The molecule has 0 aliphatic rings. The molecule has 0 aromatic carbocycles. The van der Waals surface area contributed by atoms with Crippen molar-refractivity contribution in [1.29, 1.82) is 0 Å². The Morgan fingerprint density at radius 3 is 1.92 bits per heavy atom. The molecule has 3 heteroatoms. The third-order valence-corrected chi connectivity index (χ3v) is 5.92. The Balaban J connectivity index is 2.79. The summed E-state index contributed by atoms with van der Waals surface area (Å²) in [7, 11) is 0. The van der Waals surface area contributed by atoms with Crippen LogP contribution in [-0.4, -0.2) is 23.9 Å². The van der Waals surface area contributed by atoms with Gasteiger partial charge in [-0.25, -0.2) is 0 Å². The summed E-state index contributed by atoms with van der Waals surface area (Å²) < 4.78 is 0. The molecule has 2 nitrogen and oxygen atoms in total. The highest BCUT2D eigenvalue weighted by atomic mass is 32.1. The van der Waals surface area contributed by atoms with Crippen LogP contribution >= 0.6 is 11.3 Å². The van der Waals surface area contributed by atoms with Gasteiger partial charge in [0.05, 0.1) is 4.88 Å². The van der Waals surface area contributed by atoms with Crippen molar-refractivity contribution in [2.24, 2.45) is 11.8 Å². The average molecular weight is 352 g/mol. The molecule has 0 fully saturated rings. The predicted molar refractivity (Wildman–Crippen MR) is 107 cm³/mol. The fraction of sp³-hybridized carbons (Fsp3) is 0.762. The molecule has 1 aromatic rings. The summed E-state index contributed by atoms with van der Waals surface area (Å²) in [5, 5.41) is 2.01. The van der Waals surface area contributed by atoms with Crippen LogP contribution in [0.5, 0.6) is 0 Å². The lowest BCUT2D eigenvalue weighted by Crippen LogP contribution is -2.38. The first kappa shape index (κ1) is 21.2. The topological polar surface area (TPSA) is 20.3 Å². The van der Waals surface area contributed by atoms with E-state index in [1.807, 2.05) is 17.5 Å². The van der Waals surface area contributed by atoms with E-state index in [1.54, 1.807) is 11.3 Å². The second-order valence-electron chi connectivity index (χ2n) is 7.02. The SMILES string of the molecule is CCCCC(CC)CN(CC(CC)CCCC)C(=O)c1cccs1. The van der Waals surface area contributed by atoms with Crippen molar-refractivity contribution in [2.45, 2.75) is 79.1 Å². The van der Waals surface area contributed by atoms with Gasteiger partial charge in [-0.2, -0.15) is 0 Å². The molecule has 0 saturated heterocycles. The highest BCUT2D eigenvalue weighted by molar-refractivity contribution is 7.12. The molecule has 1 aromatic heterocycles. The van der Waals surface area contributed by atoms with Gasteiger partial charge in [-0.15, -0.1) is 11.3 Å². The Morgan fingerprint density at radius 1 is 1.00 bits per heavy atom. The third kappa shape index (κ3) is 7.38. The van der Waals surface area contributed by atoms with Crippen LogP contribution in [0.3, 0.4) is 0 Å². The lowest BCUT2D eigenvalue weighted by Gasteiger charge is -2.30. The molecule has 0 aliphatic carbocycles. The van der Waals surface area contributed by atoms with E-state index in [1.165, 1.54) is 51.4 Å². The number of carbonyl (C=O) groups is 1. The highest BCUT2D eigenvalue weighted by Gasteiger charge is 2.22. The maximum Gasteiger partial charge on any atom is 0.263 e. The maximum absolute atomic E-state index is 13.0. The van der Waals surface area contributed by atoms with Gasteiger partial charge in [-0.1, -0.05) is 72.3 Å². The number of rotatable bonds is 13. The van der Waals surface area contributed by atoms with Gasteiger partial charge in [0.15, 0.2) is 0 Å². The lowest BCUT2D eigenvalue weighted by molar-refractivity contribution is 0.0690. The summed E-state index contributed by atoms with van der Waals surface area (Å²) in [4.78, 5) is 16.1. The minimum atomic E-state index is 0.245. The van der Waals surface area contributed by atoms with Crippen molar-refractivity contribution in [2.75, 3.05) is 13.1 Å². The minimum absolute atomic E-state index is 0.245. The molecule has 0 saturated carbocycles. The number of unbranched alkanes of at least 4 members (excludes halogenated alkanes) is 2. The number of carbonyl (C=O) groups excluding carboxylic acids is 1. The van der Waals surface area contributed by atoms with E-state index in [4.69, 9.17) is 0 Å². The quantitative estimate of drug-likeness (QED) is 0.391. The molecule has 1 rings (SSSR count). The van der Waals surface area contributed by atoms with Crippen LogP contribution in [-0.2, 0) is 0 Å². The molecule has 2 atom stereocenters. The van der Waals surface area contributed by atoms with Crippen molar-refractivity contribution >= 4 is 17.2 Å². The van der Waals surface area contributed by atoms with Gasteiger partial charge in [0, 0.05) is 13.1 Å². The summed E-state index contributed by atoms with van der Waals surface area (Å²) >= 11 is 1.57. The molecule has 0 radical (unpaired) electrons. The zero-order valence-electron chi connectivity index (χ0n) is 16.2. The van der Waals surface area contributed by atoms with Gasteiger partial charge in [0.2, 0.25) is 0 Å².